The average molecular weight is 388 g/mol. The molecule has 0 bridgehead atoms. The Bertz CT molecular complexity index is 1140. The summed E-state index contributed by atoms with van der Waals surface area (Å²) in [5.41, 5.74) is 5.39. The van der Waals surface area contributed by atoms with Crippen LogP contribution in [0.1, 0.15) is 52.7 Å². The van der Waals surface area contributed by atoms with E-state index >= 15 is 0 Å². The Morgan fingerprint density at radius 2 is 1.32 bits per heavy atom. The second kappa shape index (κ2) is 6.63. The van der Waals surface area contributed by atoms with Gasteiger partial charge in [0.05, 0.1) is 10.4 Å². The number of hydrogen-bond acceptors (Lipinski definition) is 2. The normalized spacial score (nSPS) is 12.6. The van der Waals surface area contributed by atoms with Gasteiger partial charge in [-0.15, -0.1) is 11.3 Å². The molecule has 1 nitrogen and oxygen atoms in total. The lowest BCUT2D eigenvalue weighted by Gasteiger charge is -2.19. The molecule has 0 aliphatic heterocycles. The molecular formula is C26H29NS. The molecule has 0 aliphatic rings. The summed E-state index contributed by atoms with van der Waals surface area (Å²) in [6.07, 6.45) is 0. The quantitative estimate of drug-likeness (QED) is 0.364. The first-order chi connectivity index (χ1) is 13.1. The van der Waals surface area contributed by atoms with Gasteiger partial charge in [-0.1, -0.05) is 71.9 Å². The first kappa shape index (κ1) is 19.0. The summed E-state index contributed by atoms with van der Waals surface area (Å²) < 4.78 is 2.67. The lowest BCUT2D eigenvalue weighted by Crippen LogP contribution is -2.10. The van der Waals surface area contributed by atoms with E-state index in [4.69, 9.17) is 0 Å². The lowest BCUT2D eigenvalue weighted by molar-refractivity contribution is 0.590. The number of thiophene rings is 1. The van der Waals surface area contributed by atoms with Gasteiger partial charge in [0, 0.05) is 21.2 Å². The van der Waals surface area contributed by atoms with Crippen molar-refractivity contribution in [1.29, 1.82) is 0 Å². The van der Waals surface area contributed by atoms with Crippen LogP contribution in [0.2, 0.25) is 0 Å². The number of rotatable bonds is 2. The van der Waals surface area contributed by atoms with E-state index < -0.39 is 0 Å². The van der Waals surface area contributed by atoms with Crippen LogP contribution in [-0.2, 0) is 10.8 Å². The van der Waals surface area contributed by atoms with Crippen LogP contribution in [-0.4, -0.2) is 0 Å². The minimum Gasteiger partial charge on any atom is -0.354 e. The molecule has 4 rings (SSSR count). The third-order valence-corrected chi connectivity index (χ3v) is 6.61. The Hall–Kier alpha value is -2.32. The number of benzene rings is 3. The van der Waals surface area contributed by atoms with Gasteiger partial charge in [0.25, 0.3) is 0 Å². The van der Waals surface area contributed by atoms with Gasteiger partial charge in [0.2, 0.25) is 0 Å². The Labute approximate surface area is 172 Å². The minimum atomic E-state index is 0.160. The summed E-state index contributed by atoms with van der Waals surface area (Å²) >= 11 is 1.87. The minimum absolute atomic E-state index is 0.160. The number of nitrogens with one attached hydrogen (secondary N) is 1. The standard InChI is InChI=1S/C26H29NS/c1-25(2,3)17-10-13-19(14-11-17)27-22-9-7-8-20-21-16-18(26(4,5)6)12-15-23(21)28-24(20)22/h7-16,27H,1-6H3. The predicted molar refractivity (Wildman–Crippen MR) is 126 cm³/mol. The Morgan fingerprint density at radius 3 is 1.96 bits per heavy atom. The molecule has 3 aromatic carbocycles. The summed E-state index contributed by atoms with van der Waals surface area (Å²) in [6, 6.07) is 22.3. The van der Waals surface area contributed by atoms with Crippen LogP contribution >= 0.6 is 11.3 Å². The zero-order valence-corrected chi connectivity index (χ0v) is 18.5. The van der Waals surface area contributed by atoms with Gasteiger partial charge in [-0.05, 0) is 52.3 Å². The van der Waals surface area contributed by atoms with Crippen LogP contribution < -0.4 is 5.32 Å². The smallest absolute Gasteiger partial charge is 0.0590 e. The Morgan fingerprint density at radius 1 is 0.679 bits per heavy atom. The highest BCUT2D eigenvalue weighted by molar-refractivity contribution is 7.26. The van der Waals surface area contributed by atoms with Crippen molar-refractivity contribution >= 4 is 42.9 Å². The van der Waals surface area contributed by atoms with Crippen LogP contribution in [0.4, 0.5) is 11.4 Å². The molecule has 144 valence electrons. The van der Waals surface area contributed by atoms with Gasteiger partial charge in [0.15, 0.2) is 0 Å². The molecule has 28 heavy (non-hydrogen) atoms. The van der Waals surface area contributed by atoms with Crippen molar-refractivity contribution in [2.24, 2.45) is 0 Å². The maximum atomic E-state index is 3.64. The van der Waals surface area contributed by atoms with Crippen molar-refractivity contribution in [2.75, 3.05) is 5.32 Å². The SMILES string of the molecule is CC(C)(C)c1ccc(Nc2cccc3c2sc2ccc(C(C)(C)C)cc23)cc1. The summed E-state index contributed by atoms with van der Waals surface area (Å²) in [6.45, 7) is 13.6. The molecule has 0 unspecified atom stereocenters. The van der Waals surface area contributed by atoms with Crippen molar-refractivity contribution in [2.45, 2.75) is 52.4 Å². The molecule has 0 saturated carbocycles. The van der Waals surface area contributed by atoms with Gasteiger partial charge < -0.3 is 5.32 Å². The zero-order valence-electron chi connectivity index (χ0n) is 17.7. The monoisotopic (exact) mass is 387 g/mol. The van der Waals surface area contributed by atoms with E-state index in [0.29, 0.717) is 0 Å². The van der Waals surface area contributed by atoms with E-state index in [0.717, 1.165) is 5.69 Å². The molecule has 0 radical (unpaired) electrons. The van der Waals surface area contributed by atoms with Crippen LogP contribution in [0, 0.1) is 0 Å². The van der Waals surface area contributed by atoms with Crippen LogP contribution in [0.3, 0.4) is 0 Å². The molecule has 0 amide bonds. The van der Waals surface area contributed by atoms with E-state index in [-0.39, 0.29) is 10.8 Å². The van der Waals surface area contributed by atoms with E-state index in [1.807, 2.05) is 11.3 Å². The molecule has 1 aromatic heterocycles. The summed E-state index contributed by atoms with van der Waals surface area (Å²) in [7, 11) is 0. The largest absolute Gasteiger partial charge is 0.354 e. The summed E-state index contributed by atoms with van der Waals surface area (Å²) in [5, 5.41) is 6.34. The van der Waals surface area contributed by atoms with Gasteiger partial charge in [-0.25, -0.2) is 0 Å². The van der Waals surface area contributed by atoms with E-state index in [2.05, 4.69) is 108 Å². The average Bonchev–Trinajstić information content (AvgIpc) is 3.00. The molecular weight excluding hydrogens is 358 g/mol. The fraction of sp³-hybridized carbons (Fsp3) is 0.308. The van der Waals surface area contributed by atoms with E-state index in [1.165, 1.54) is 37.0 Å². The van der Waals surface area contributed by atoms with Gasteiger partial charge in [-0.2, -0.15) is 0 Å². The first-order valence-electron chi connectivity index (χ1n) is 9.96. The fourth-order valence-electron chi connectivity index (χ4n) is 3.57. The van der Waals surface area contributed by atoms with Crippen molar-refractivity contribution in [3.8, 4) is 0 Å². The first-order valence-corrected chi connectivity index (χ1v) is 10.8. The maximum absolute atomic E-state index is 3.64. The third-order valence-electron chi connectivity index (χ3n) is 5.39. The van der Waals surface area contributed by atoms with E-state index in [1.54, 1.807) is 0 Å². The van der Waals surface area contributed by atoms with Crippen LogP contribution in [0.15, 0.2) is 60.7 Å². The van der Waals surface area contributed by atoms with Gasteiger partial charge in [-0.3, -0.25) is 0 Å². The Kier molecular flexibility index (Phi) is 4.50. The van der Waals surface area contributed by atoms with Crippen LogP contribution in [0.5, 0.6) is 0 Å². The third kappa shape index (κ3) is 3.54. The van der Waals surface area contributed by atoms with Crippen molar-refractivity contribution < 1.29 is 0 Å². The Balaban J connectivity index is 1.76. The molecule has 0 atom stereocenters. The second-order valence-corrected chi connectivity index (χ2v) is 10.7. The highest BCUT2D eigenvalue weighted by atomic mass is 32.1. The predicted octanol–water partition coefficient (Wildman–Crippen LogP) is 8.39. The summed E-state index contributed by atoms with van der Waals surface area (Å²) in [5.74, 6) is 0. The molecule has 0 spiro atoms. The molecule has 2 heteroatoms. The van der Waals surface area contributed by atoms with Crippen LogP contribution in [0.25, 0.3) is 20.2 Å². The van der Waals surface area contributed by atoms with Gasteiger partial charge >= 0.3 is 0 Å². The second-order valence-electron chi connectivity index (χ2n) is 9.70. The maximum Gasteiger partial charge on any atom is 0.0590 e. The number of anilines is 2. The molecule has 1 heterocycles. The summed E-state index contributed by atoms with van der Waals surface area (Å²) in [4.78, 5) is 0. The number of hydrogen-bond donors (Lipinski definition) is 1. The molecule has 0 saturated heterocycles. The zero-order chi connectivity index (χ0) is 20.1. The molecule has 0 fully saturated rings. The van der Waals surface area contributed by atoms with Crippen molar-refractivity contribution in [3.63, 3.8) is 0 Å². The molecule has 1 N–H and O–H groups in total. The fourth-order valence-corrected chi connectivity index (χ4v) is 4.72. The molecule has 4 aromatic rings. The molecule has 0 aliphatic carbocycles. The topological polar surface area (TPSA) is 12.0 Å². The van der Waals surface area contributed by atoms with Gasteiger partial charge in [0.1, 0.15) is 0 Å². The van der Waals surface area contributed by atoms with Crippen molar-refractivity contribution in [3.05, 3.63) is 71.8 Å². The van der Waals surface area contributed by atoms with E-state index in [9.17, 15) is 0 Å². The highest BCUT2D eigenvalue weighted by Crippen LogP contribution is 2.40. The highest BCUT2D eigenvalue weighted by Gasteiger charge is 2.17. The number of fused-ring (bicyclic) bond motifs is 3. The van der Waals surface area contributed by atoms with Crippen molar-refractivity contribution in [1.82, 2.24) is 0 Å². The lowest BCUT2D eigenvalue weighted by atomic mass is 9.86.